The average Bonchev–Trinajstić information content (AvgIpc) is 1.96. The summed E-state index contributed by atoms with van der Waals surface area (Å²) < 4.78 is 24.5. The van der Waals surface area contributed by atoms with Crippen LogP contribution >= 0.6 is 11.6 Å². The number of hydrogen-bond donors (Lipinski definition) is 0. The van der Waals surface area contributed by atoms with Crippen molar-refractivity contribution in [2.45, 2.75) is 5.38 Å². The van der Waals surface area contributed by atoms with Crippen molar-refractivity contribution >= 4 is 17.4 Å². The van der Waals surface area contributed by atoms with E-state index in [0.717, 1.165) is 0 Å². The second-order valence-electron chi connectivity index (χ2n) is 2.81. The zero-order chi connectivity index (χ0) is 10.6. The number of ketones is 1. The lowest BCUT2D eigenvalue weighted by molar-refractivity contribution is -0.136. The molecule has 0 amide bonds. The summed E-state index contributed by atoms with van der Waals surface area (Å²) >= 11 is 4.49. The highest BCUT2D eigenvalue weighted by atomic mass is 35.5. The van der Waals surface area contributed by atoms with Gasteiger partial charge in [-0.05, 0) is 25.7 Å². The van der Waals surface area contributed by atoms with Crippen LogP contribution in [0.25, 0.3) is 0 Å². The number of Topliss-reactive ketones (excluding diaryl/α,β-unsaturated/α-hetero) is 1. The van der Waals surface area contributed by atoms with Crippen LogP contribution in [-0.2, 0) is 4.79 Å². The molecule has 0 saturated carbocycles. The Balaban J connectivity index is 4.45. The van der Waals surface area contributed by atoms with E-state index in [2.05, 4.69) is 11.6 Å². The molecular formula is C7H9ClF2N2O. The van der Waals surface area contributed by atoms with E-state index in [-0.39, 0.29) is 6.54 Å². The van der Waals surface area contributed by atoms with Crippen LogP contribution in [0.2, 0.25) is 0 Å². The molecule has 0 aliphatic carbocycles. The Kier molecular flexibility index (Phi) is 4.24. The van der Waals surface area contributed by atoms with Gasteiger partial charge in [-0.25, -0.2) is 0 Å². The van der Waals surface area contributed by atoms with E-state index >= 15 is 0 Å². The normalized spacial score (nSPS) is 13.9. The summed E-state index contributed by atoms with van der Waals surface area (Å²) in [6.45, 7) is -0.0579. The fraction of sp³-hybridized carbons (Fsp3) is 0.714. The topological polar surface area (TPSA) is 44.1 Å². The number of nitrogens with zero attached hydrogens (tertiary/aromatic N) is 2. The fourth-order valence-corrected chi connectivity index (χ4v) is 0.877. The monoisotopic (exact) mass is 210 g/mol. The zero-order valence-corrected chi connectivity index (χ0v) is 7.98. The van der Waals surface area contributed by atoms with Gasteiger partial charge in [0.25, 0.3) is 0 Å². The summed E-state index contributed by atoms with van der Waals surface area (Å²) in [4.78, 5) is 12.3. The van der Waals surface area contributed by atoms with E-state index in [0.29, 0.717) is 0 Å². The third-order valence-corrected chi connectivity index (χ3v) is 1.49. The van der Waals surface area contributed by atoms with Crippen LogP contribution in [0, 0.1) is 17.2 Å². The molecular weight excluding hydrogens is 202 g/mol. The van der Waals surface area contributed by atoms with Crippen molar-refractivity contribution in [3.05, 3.63) is 0 Å². The standard InChI is InChI=1S/C7H9ClF2N2O/c1-12(2)4-5(3-11)6(13)7(8,9)10/h5H,4H2,1-2H3. The van der Waals surface area contributed by atoms with Gasteiger partial charge in [0, 0.05) is 6.54 Å². The number of nitriles is 1. The first-order valence-electron chi connectivity index (χ1n) is 3.44. The molecule has 0 aromatic rings. The quantitative estimate of drug-likeness (QED) is 0.653. The molecule has 0 saturated heterocycles. The molecule has 0 aliphatic rings. The van der Waals surface area contributed by atoms with Crippen molar-refractivity contribution in [2.24, 2.45) is 5.92 Å². The summed E-state index contributed by atoms with van der Waals surface area (Å²) in [5, 5.41) is 4.47. The van der Waals surface area contributed by atoms with Crippen LogP contribution in [0.1, 0.15) is 0 Å². The largest absolute Gasteiger partial charge is 0.381 e. The Morgan fingerprint density at radius 2 is 2.15 bits per heavy atom. The van der Waals surface area contributed by atoms with Gasteiger partial charge in [0.15, 0.2) is 0 Å². The van der Waals surface area contributed by atoms with Crippen LogP contribution in [-0.4, -0.2) is 36.7 Å². The number of hydrogen-bond acceptors (Lipinski definition) is 3. The Bertz CT molecular complexity index is 232. The lowest BCUT2D eigenvalue weighted by Crippen LogP contribution is -2.35. The Hall–Kier alpha value is -0.730. The number of carbonyl (C=O) groups is 1. The Morgan fingerprint density at radius 1 is 1.69 bits per heavy atom. The van der Waals surface area contributed by atoms with Crippen molar-refractivity contribution in [3.8, 4) is 6.07 Å². The molecule has 0 aromatic carbocycles. The number of halogens is 3. The third kappa shape index (κ3) is 4.15. The molecule has 3 nitrogen and oxygen atoms in total. The molecule has 0 fully saturated rings. The zero-order valence-electron chi connectivity index (χ0n) is 7.22. The summed E-state index contributed by atoms with van der Waals surface area (Å²) in [6.07, 6.45) is 0. The van der Waals surface area contributed by atoms with E-state index in [1.807, 2.05) is 0 Å². The van der Waals surface area contributed by atoms with Gasteiger partial charge in [0.2, 0.25) is 5.78 Å². The summed E-state index contributed by atoms with van der Waals surface area (Å²) in [6, 6.07) is 1.48. The molecule has 0 aromatic heterocycles. The van der Waals surface area contributed by atoms with Crippen LogP contribution in [0.3, 0.4) is 0 Å². The van der Waals surface area contributed by atoms with Gasteiger partial charge in [-0.2, -0.15) is 14.0 Å². The predicted octanol–water partition coefficient (Wildman–Crippen LogP) is 1.09. The minimum atomic E-state index is -3.95. The molecule has 0 N–H and O–H groups in total. The number of alkyl halides is 3. The van der Waals surface area contributed by atoms with Gasteiger partial charge in [-0.15, -0.1) is 0 Å². The lowest BCUT2D eigenvalue weighted by Gasteiger charge is -2.15. The molecule has 0 bridgehead atoms. The summed E-state index contributed by atoms with van der Waals surface area (Å²) in [7, 11) is 3.15. The van der Waals surface area contributed by atoms with Crippen LogP contribution in [0.4, 0.5) is 8.78 Å². The highest BCUT2D eigenvalue weighted by Gasteiger charge is 2.41. The maximum absolute atomic E-state index is 12.2. The van der Waals surface area contributed by atoms with Crippen molar-refractivity contribution in [1.82, 2.24) is 4.90 Å². The van der Waals surface area contributed by atoms with Crippen LogP contribution < -0.4 is 0 Å². The minimum Gasteiger partial charge on any atom is -0.308 e. The van der Waals surface area contributed by atoms with E-state index in [1.54, 1.807) is 14.1 Å². The van der Waals surface area contributed by atoms with E-state index in [4.69, 9.17) is 5.26 Å². The molecule has 1 atom stereocenters. The first-order valence-corrected chi connectivity index (χ1v) is 3.82. The predicted molar refractivity (Wildman–Crippen MR) is 43.5 cm³/mol. The van der Waals surface area contributed by atoms with Gasteiger partial charge in [-0.3, -0.25) is 4.79 Å². The van der Waals surface area contributed by atoms with Gasteiger partial charge in [0.1, 0.15) is 5.92 Å². The Labute approximate surface area is 79.9 Å². The smallest absolute Gasteiger partial charge is 0.308 e. The summed E-state index contributed by atoms with van der Waals surface area (Å²) in [5.74, 6) is -2.94. The van der Waals surface area contributed by atoms with Crippen molar-refractivity contribution in [3.63, 3.8) is 0 Å². The molecule has 1 unspecified atom stereocenters. The molecule has 0 spiro atoms. The third-order valence-electron chi connectivity index (χ3n) is 1.30. The number of rotatable bonds is 4. The van der Waals surface area contributed by atoms with E-state index in [1.165, 1.54) is 11.0 Å². The molecule has 13 heavy (non-hydrogen) atoms. The van der Waals surface area contributed by atoms with E-state index in [9.17, 15) is 13.6 Å². The molecule has 0 heterocycles. The maximum atomic E-state index is 12.2. The lowest BCUT2D eigenvalue weighted by atomic mass is 10.1. The van der Waals surface area contributed by atoms with Gasteiger partial charge in [-0.1, -0.05) is 0 Å². The first kappa shape index (κ1) is 12.3. The SMILES string of the molecule is CN(C)CC(C#N)C(=O)C(F)(F)Cl. The molecule has 74 valence electrons. The van der Waals surface area contributed by atoms with Crippen molar-refractivity contribution < 1.29 is 13.6 Å². The molecule has 6 heteroatoms. The van der Waals surface area contributed by atoms with Crippen LogP contribution in [0.15, 0.2) is 0 Å². The highest BCUT2D eigenvalue weighted by Crippen LogP contribution is 2.24. The van der Waals surface area contributed by atoms with Crippen molar-refractivity contribution in [1.29, 1.82) is 5.26 Å². The maximum Gasteiger partial charge on any atom is 0.381 e. The van der Waals surface area contributed by atoms with Gasteiger partial charge < -0.3 is 4.90 Å². The van der Waals surface area contributed by atoms with E-state index < -0.39 is 17.1 Å². The fourth-order valence-electron chi connectivity index (χ4n) is 0.745. The van der Waals surface area contributed by atoms with Gasteiger partial charge in [0.05, 0.1) is 6.07 Å². The number of carbonyl (C=O) groups excluding carboxylic acids is 1. The van der Waals surface area contributed by atoms with Crippen molar-refractivity contribution in [2.75, 3.05) is 20.6 Å². The van der Waals surface area contributed by atoms with Crippen LogP contribution in [0.5, 0.6) is 0 Å². The second kappa shape index (κ2) is 4.49. The Morgan fingerprint density at radius 3 is 2.38 bits per heavy atom. The van der Waals surface area contributed by atoms with Gasteiger partial charge >= 0.3 is 5.38 Å². The summed E-state index contributed by atoms with van der Waals surface area (Å²) in [5.41, 5.74) is 0. The molecule has 0 radical (unpaired) electrons. The first-order chi connectivity index (χ1) is 5.79. The average molecular weight is 211 g/mol. The second-order valence-corrected chi connectivity index (χ2v) is 3.28. The molecule has 0 aliphatic heterocycles. The molecule has 0 rings (SSSR count). The minimum absolute atomic E-state index is 0.0579. The highest BCUT2D eigenvalue weighted by molar-refractivity contribution is 6.33.